The predicted octanol–water partition coefficient (Wildman–Crippen LogP) is 4.92. The minimum atomic E-state index is -0.616. The van der Waals surface area contributed by atoms with E-state index in [0.717, 1.165) is 16.7 Å². The third-order valence-electron chi connectivity index (χ3n) is 5.71. The maximum absolute atomic E-state index is 13.7. The van der Waals surface area contributed by atoms with Crippen molar-refractivity contribution in [3.05, 3.63) is 118 Å². The van der Waals surface area contributed by atoms with E-state index in [2.05, 4.69) is 4.98 Å². The lowest BCUT2D eigenvalue weighted by molar-refractivity contribution is -0.151. The van der Waals surface area contributed by atoms with Gasteiger partial charge in [-0.2, -0.15) is 0 Å². The Bertz CT molecular complexity index is 1230. The molecule has 2 atom stereocenters. The predicted molar refractivity (Wildman–Crippen MR) is 140 cm³/mol. The molecular weight excluding hydrogens is 478 g/mol. The number of β-lactam (4-membered cyclic amide) rings is 1. The molecule has 0 spiro atoms. The van der Waals surface area contributed by atoms with Gasteiger partial charge in [0.2, 0.25) is 5.91 Å². The van der Waals surface area contributed by atoms with E-state index in [9.17, 15) is 9.59 Å². The van der Waals surface area contributed by atoms with Crippen LogP contribution in [0.25, 0.3) is 6.08 Å². The van der Waals surface area contributed by atoms with E-state index in [-0.39, 0.29) is 17.0 Å². The summed E-state index contributed by atoms with van der Waals surface area (Å²) < 4.78 is 6.10. The van der Waals surface area contributed by atoms with Gasteiger partial charge in [-0.25, -0.2) is 4.79 Å². The first-order valence-electron chi connectivity index (χ1n) is 11.1. The standard InChI is InChI=1S/C27H23N3O3S2/c28-26-25(34-15-13-18-8-7-14-29-17-18)23(30-21(31)16-22(30)35-26)27(32)33-24(19-9-3-1-4-10-19)20-11-5-2-6-12-20/h1-15,17,22,24,26H,16,28H2/b15-13-/t22-,26?/m1/s1. The summed E-state index contributed by atoms with van der Waals surface area (Å²) in [5, 5.41) is 1.26. The number of amides is 1. The molecular formula is C27H23N3O3S2. The van der Waals surface area contributed by atoms with E-state index < -0.39 is 17.4 Å². The van der Waals surface area contributed by atoms with Crippen LogP contribution in [0.15, 0.2) is 101 Å². The number of rotatable bonds is 7. The molecule has 35 heavy (non-hydrogen) atoms. The van der Waals surface area contributed by atoms with Crippen molar-refractivity contribution in [2.45, 2.75) is 23.3 Å². The van der Waals surface area contributed by atoms with Gasteiger partial charge < -0.3 is 10.5 Å². The number of ether oxygens (including phenoxy) is 1. The van der Waals surface area contributed by atoms with Crippen LogP contribution in [-0.2, 0) is 14.3 Å². The van der Waals surface area contributed by atoms with Crippen molar-refractivity contribution < 1.29 is 14.3 Å². The molecule has 5 rings (SSSR count). The van der Waals surface area contributed by atoms with Gasteiger partial charge in [0, 0.05) is 17.3 Å². The van der Waals surface area contributed by atoms with E-state index in [1.165, 1.54) is 28.4 Å². The van der Waals surface area contributed by atoms with Crippen LogP contribution in [-0.4, -0.2) is 32.5 Å². The zero-order chi connectivity index (χ0) is 24.2. The van der Waals surface area contributed by atoms with Crippen molar-refractivity contribution in [3.63, 3.8) is 0 Å². The van der Waals surface area contributed by atoms with Crippen LogP contribution in [0.4, 0.5) is 0 Å². The van der Waals surface area contributed by atoms with E-state index in [0.29, 0.717) is 11.3 Å². The molecule has 1 amide bonds. The van der Waals surface area contributed by atoms with Gasteiger partial charge >= 0.3 is 5.97 Å². The molecule has 8 heteroatoms. The van der Waals surface area contributed by atoms with Crippen molar-refractivity contribution >= 4 is 41.5 Å². The van der Waals surface area contributed by atoms with Gasteiger partial charge in [-0.1, -0.05) is 78.5 Å². The van der Waals surface area contributed by atoms with Gasteiger partial charge in [0.25, 0.3) is 0 Å². The number of aromatic nitrogens is 1. The number of esters is 1. The van der Waals surface area contributed by atoms with E-state index in [1.807, 2.05) is 84.3 Å². The molecule has 6 nitrogen and oxygen atoms in total. The first-order chi connectivity index (χ1) is 17.1. The van der Waals surface area contributed by atoms with Crippen molar-refractivity contribution in [1.29, 1.82) is 0 Å². The number of fused-ring (bicyclic) bond motifs is 1. The zero-order valence-electron chi connectivity index (χ0n) is 18.7. The maximum Gasteiger partial charge on any atom is 0.356 e. The largest absolute Gasteiger partial charge is 0.448 e. The first kappa shape index (κ1) is 23.4. The topological polar surface area (TPSA) is 85.5 Å². The van der Waals surface area contributed by atoms with Gasteiger partial charge in [-0.3, -0.25) is 14.7 Å². The number of hydrogen-bond acceptors (Lipinski definition) is 7. The summed E-state index contributed by atoms with van der Waals surface area (Å²) in [7, 11) is 0. The fraction of sp³-hybridized carbons (Fsp3) is 0.148. The van der Waals surface area contributed by atoms with Crippen LogP contribution in [0.2, 0.25) is 0 Å². The summed E-state index contributed by atoms with van der Waals surface area (Å²) in [5.41, 5.74) is 9.31. The fourth-order valence-electron chi connectivity index (χ4n) is 3.98. The second kappa shape index (κ2) is 10.5. The van der Waals surface area contributed by atoms with Gasteiger partial charge in [-0.15, -0.1) is 11.8 Å². The van der Waals surface area contributed by atoms with Crippen LogP contribution in [0.1, 0.15) is 29.2 Å². The minimum Gasteiger partial charge on any atom is -0.448 e. The quantitative estimate of drug-likeness (QED) is 0.363. The SMILES string of the molecule is NC1S[C@@H]2CC(=O)N2C(C(=O)OC(c2ccccc2)c2ccccc2)=C1S/C=C\c1cccnc1. The van der Waals surface area contributed by atoms with Crippen LogP contribution in [0, 0.1) is 0 Å². The van der Waals surface area contributed by atoms with E-state index in [1.54, 1.807) is 12.4 Å². The summed E-state index contributed by atoms with van der Waals surface area (Å²) >= 11 is 2.81. The molecule has 2 N–H and O–H groups in total. The molecule has 1 saturated heterocycles. The van der Waals surface area contributed by atoms with Crippen LogP contribution in [0.3, 0.4) is 0 Å². The summed E-state index contributed by atoms with van der Waals surface area (Å²) in [6.07, 6.45) is 5.09. The van der Waals surface area contributed by atoms with Crippen molar-refractivity contribution in [2.75, 3.05) is 0 Å². The highest BCUT2D eigenvalue weighted by atomic mass is 32.2. The molecule has 2 aliphatic heterocycles. The number of nitrogens with zero attached hydrogens (tertiary/aromatic N) is 2. The fourth-order valence-corrected chi connectivity index (χ4v) is 6.27. The van der Waals surface area contributed by atoms with Crippen LogP contribution >= 0.6 is 23.5 Å². The average Bonchev–Trinajstić information content (AvgIpc) is 2.89. The Morgan fingerprint density at radius 3 is 2.37 bits per heavy atom. The summed E-state index contributed by atoms with van der Waals surface area (Å²) in [5.74, 6) is -0.666. The normalized spacial score (nSPS) is 19.6. The summed E-state index contributed by atoms with van der Waals surface area (Å²) in [6, 6.07) is 22.9. The number of thioether (sulfide) groups is 2. The average molecular weight is 502 g/mol. The molecule has 0 aliphatic carbocycles. The molecule has 176 valence electrons. The lowest BCUT2D eigenvalue weighted by Crippen LogP contribution is -2.56. The van der Waals surface area contributed by atoms with E-state index in [4.69, 9.17) is 10.5 Å². The van der Waals surface area contributed by atoms with Gasteiger partial charge in [-0.05, 0) is 34.2 Å². The highest BCUT2D eigenvalue weighted by Crippen LogP contribution is 2.46. The van der Waals surface area contributed by atoms with Crippen molar-refractivity contribution in [2.24, 2.45) is 5.73 Å². The lowest BCUT2D eigenvalue weighted by atomic mass is 10.0. The molecule has 1 aromatic heterocycles. The summed E-state index contributed by atoms with van der Waals surface area (Å²) in [4.78, 5) is 32.5. The van der Waals surface area contributed by atoms with Gasteiger partial charge in [0.1, 0.15) is 5.70 Å². The Kier molecular flexibility index (Phi) is 7.03. The second-order valence-corrected chi connectivity index (χ2v) is 10.3. The molecule has 3 aromatic rings. The number of carbonyl (C=O) groups is 2. The first-order valence-corrected chi connectivity index (χ1v) is 13.0. The zero-order valence-corrected chi connectivity index (χ0v) is 20.3. The highest BCUT2D eigenvalue weighted by molar-refractivity contribution is 8.08. The number of carbonyl (C=O) groups excluding carboxylic acids is 2. The van der Waals surface area contributed by atoms with Crippen molar-refractivity contribution in [3.8, 4) is 0 Å². The number of nitrogens with two attached hydrogens (primary N) is 1. The Labute approximate surface area is 212 Å². The van der Waals surface area contributed by atoms with Crippen LogP contribution in [0.5, 0.6) is 0 Å². The number of hydrogen-bond donors (Lipinski definition) is 1. The molecule has 2 aliphatic rings. The third kappa shape index (κ3) is 5.05. The molecule has 1 fully saturated rings. The lowest BCUT2D eigenvalue weighted by Gasteiger charge is -2.46. The number of pyridine rings is 1. The van der Waals surface area contributed by atoms with Crippen LogP contribution < -0.4 is 5.73 Å². The molecule has 1 unspecified atom stereocenters. The Balaban J connectivity index is 1.48. The minimum absolute atomic E-state index is 0.105. The second-order valence-electron chi connectivity index (χ2n) is 8.01. The Morgan fingerprint density at radius 1 is 1.09 bits per heavy atom. The summed E-state index contributed by atoms with van der Waals surface area (Å²) in [6.45, 7) is 0. The molecule has 0 radical (unpaired) electrons. The molecule has 0 saturated carbocycles. The Hall–Kier alpha value is -3.33. The Morgan fingerprint density at radius 2 is 1.77 bits per heavy atom. The maximum atomic E-state index is 13.7. The monoisotopic (exact) mass is 501 g/mol. The smallest absolute Gasteiger partial charge is 0.356 e. The van der Waals surface area contributed by atoms with E-state index >= 15 is 0 Å². The molecule has 2 aromatic carbocycles. The molecule has 3 heterocycles. The highest BCUT2D eigenvalue weighted by Gasteiger charge is 2.48. The van der Waals surface area contributed by atoms with Gasteiger partial charge in [0.15, 0.2) is 6.10 Å². The van der Waals surface area contributed by atoms with Crippen molar-refractivity contribution in [1.82, 2.24) is 9.88 Å². The number of benzene rings is 2. The van der Waals surface area contributed by atoms with Gasteiger partial charge in [0.05, 0.1) is 17.2 Å². The molecule has 0 bridgehead atoms. The third-order valence-corrected chi connectivity index (χ3v) is 8.05.